The van der Waals surface area contributed by atoms with Gasteiger partial charge in [-0.05, 0) is 30.3 Å². The van der Waals surface area contributed by atoms with Crippen molar-refractivity contribution < 1.29 is 9.90 Å². The molecule has 18 heavy (non-hydrogen) atoms. The zero-order valence-corrected chi connectivity index (χ0v) is 9.32. The van der Waals surface area contributed by atoms with Crippen LogP contribution in [0.2, 0.25) is 0 Å². The fourth-order valence-electron chi connectivity index (χ4n) is 1.86. The van der Waals surface area contributed by atoms with E-state index in [0.717, 1.165) is 0 Å². The molecule has 0 bridgehead atoms. The number of hydrogen-bond donors (Lipinski definition) is 1. The van der Waals surface area contributed by atoms with Gasteiger partial charge in [-0.1, -0.05) is 6.07 Å². The summed E-state index contributed by atoms with van der Waals surface area (Å²) in [6, 6.07) is 10.4. The number of fused-ring (bicyclic) bond motifs is 1. The van der Waals surface area contributed by atoms with E-state index in [0.29, 0.717) is 16.7 Å². The van der Waals surface area contributed by atoms with Crippen LogP contribution in [0.4, 0.5) is 0 Å². The van der Waals surface area contributed by atoms with Gasteiger partial charge in [-0.3, -0.25) is 0 Å². The minimum absolute atomic E-state index is 0.256. The average molecular weight is 239 g/mol. The van der Waals surface area contributed by atoms with Crippen molar-refractivity contribution in [3.8, 4) is 5.82 Å². The molecule has 5 heteroatoms. The third-order valence-electron chi connectivity index (χ3n) is 2.69. The summed E-state index contributed by atoms with van der Waals surface area (Å²) in [5, 5.41) is 13.8. The maximum atomic E-state index is 11.1. The van der Waals surface area contributed by atoms with Crippen molar-refractivity contribution in [1.29, 1.82) is 0 Å². The first-order valence-corrected chi connectivity index (χ1v) is 5.39. The smallest absolute Gasteiger partial charge is 0.336 e. The summed E-state index contributed by atoms with van der Waals surface area (Å²) < 4.78 is 1.63. The van der Waals surface area contributed by atoms with E-state index in [9.17, 15) is 4.79 Å². The highest BCUT2D eigenvalue weighted by molar-refractivity contribution is 6.02. The summed E-state index contributed by atoms with van der Waals surface area (Å²) in [7, 11) is 0. The molecule has 0 saturated heterocycles. The van der Waals surface area contributed by atoms with E-state index in [2.05, 4.69) is 10.1 Å². The SMILES string of the molecule is O=C(O)c1cccc2nc(-n3cccn3)ccc12. The molecule has 0 unspecified atom stereocenters. The molecule has 0 amide bonds. The van der Waals surface area contributed by atoms with Crippen LogP contribution in [0.25, 0.3) is 16.7 Å². The van der Waals surface area contributed by atoms with Gasteiger partial charge in [0.2, 0.25) is 0 Å². The Morgan fingerprint density at radius 3 is 2.78 bits per heavy atom. The van der Waals surface area contributed by atoms with Crippen LogP contribution in [-0.2, 0) is 0 Å². The van der Waals surface area contributed by atoms with Crippen molar-refractivity contribution in [2.45, 2.75) is 0 Å². The molecule has 1 N–H and O–H groups in total. The maximum absolute atomic E-state index is 11.1. The minimum Gasteiger partial charge on any atom is -0.478 e. The third-order valence-corrected chi connectivity index (χ3v) is 2.69. The summed E-state index contributed by atoms with van der Waals surface area (Å²) in [6.07, 6.45) is 3.45. The molecular formula is C13H9N3O2. The molecule has 0 aliphatic carbocycles. The zero-order chi connectivity index (χ0) is 12.5. The van der Waals surface area contributed by atoms with Crippen molar-refractivity contribution in [3.63, 3.8) is 0 Å². The summed E-state index contributed by atoms with van der Waals surface area (Å²) in [5.74, 6) is -0.288. The monoisotopic (exact) mass is 239 g/mol. The quantitative estimate of drug-likeness (QED) is 0.743. The molecule has 3 aromatic rings. The van der Waals surface area contributed by atoms with Crippen molar-refractivity contribution >= 4 is 16.9 Å². The molecule has 3 rings (SSSR count). The van der Waals surface area contributed by atoms with Gasteiger partial charge in [-0.25, -0.2) is 14.5 Å². The lowest BCUT2D eigenvalue weighted by molar-refractivity contribution is 0.0699. The second-order valence-corrected chi connectivity index (χ2v) is 3.80. The Labute approximate surface area is 102 Å². The number of carboxylic acid groups (broad SMARTS) is 1. The van der Waals surface area contributed by atoms with E-state index in [1.54, 1.807) is 53.5 Å². The van der Waals surface area contributed by atoms with E-state index in [1.165, 1.54) is 0 Å². The first-order chi connectivity index (χ1) is 8.75. The Balaban J connectivity index is 2.23. The van der Waals surface area contributed by atoms with Crippen molar-refractivity contribution in [1.82, 2.24) is 14.8 Å². The van der Waals surface area contributed by atoms with Gasteiger partial charge in [0.05, 0.1) is 11.1 Å². The highest BCUT2D eigenvalue weighted by Crippen LogP contribution is 2.18. The minimum atomic E-state index is -0.950. The Morgan fingerprint density at radius 2 is 2.06 bits per heavy atom. The topological polar surface area (TPSA) is 68.0 Å². The second kappa shape index (κ2) is 3.96. The molecule has 88 valence electrons. The lowest BCUT2D eigenvalue weighted by Gasteiger charge is -2.04. The Bertz CT molecular complexity index is 720. The molecule has 0 atom stereocenters. The number of carboxylic acids is 1. The predicted octanol–water partition coefficient (Wildman–Crippen LogP) is 2.12. The number of pyridine rings is 1. The Hall–Kier alpha value is -2.69. The van der Waals surface area contributed by atoms with Crippen LogP contribution >= 0.6 is 0 Å². The number of rotatable bonds is 2. The molecule has 0 radical (unpaired) electrons. The first kappa shape index (κ1) is 10.5. The molecule has 0 saturated carbocycles. The van der Waals surface area contributed by atoms with Gasteiger partial charge >= 0.3 is 5.97 Å². The molecular weight excluding hydrogens is 230 g/mol. The van der Waals surface area contributed by atoms with Gasteiger partial charge in [0.1, 0.15) is 0 Å². The summed E-state index contributed by atoms with van der Waals surface area (Å²) in [6.45, 7) is 0. The summed E-state index contributed by atoms with van der Waals surface area (Å²) in [5.41, 5.74) is 0.898. The van der Waals surface area contributed by atoms with Gasteiger partial charge in [0, 0.05) is 17.8 Å². The standard InChI is InChI=1S/C13H9N3O2/c17-13(18)10-3-1-4-11-9(10)5-6-12(15-11)16-8-2-7-14-16/h1-8H,(H,17,18). The third kappa shape index (κ3) is 1.62. The van der Waals surface area contributed by atoms with Crippen molar-refractivity contribution in [2.75, 3.05) is 0 Å². The van der Waals surface area contributed by atoms with Gasteiger partial charge in [-0.15, -0.1) is 0 Å². The van der Waals surface area contributed by atoms with Gasteiger partial charge in [0.15, 0.2) is 5.82 Å². The van der Waals surface area contributed by atoms with Crippen LogP contribution in [0, 0.1) is 0 Å². The molecule has 2 heterocycles. The number of carbonyl (C=O) groups is 1. The van der Waals surface area contributed by atoms with Crippen LogP contribution in [0.15, 0.2) is 48.8 Å². The number of nitrogens with zero attached hydrogens (tertiary/aromatic N) is 3. The Morgan fingerprint density at radius 1 is 1.17 bits per heavy atom. The molecule has 0 aliphatic heterocycles. The van der Waals surface area contributed by atoms with Crippen molar-refractivity contribution in [2.24, 2.45) is 0 Å². The summed E-state index contributed by atoms with van der Waals surface area (Å²) >= 11 is 0. The maximum Gasteiger partial charge on any atom is 0.336 e. The van der Waals surface area contributed by atoms with Gasteiger partial charge in [0.25, 0.3) is 0 Å². The van der Waals surface area contributed by atoms with Crippen LogP contribution in [0.3, 0.4) is 0 Å². The number of hydrogen-bond acceptors (Lipinski definition) is 3. The van der Waals surface area contributed by atoms with E-state index >= 15 is 0 Å². The fourth-order valence-corrected chi connectivity index (χ4v) is 1.86. The second-order valence-electron chi connectivity index (χ2n) is 3.80. The van der Waals surface area contributed by atoms with Crippen LogP contribution in [-0.4, -0.2) is 25.8 Å². The molecule has 5 nitrogen and oxygen atoms in total. The Kier molecular flexibility index (Phi) is 2.30. The van der Waals surface area contributed by atoms with E-state index in [1.807, 2.05) is 0 Å². The molecule has 0 aliphatic rings. The first-order valence-electron chi connectivity index (χ1n) is 5.39. The highest BCUT2D eigenvalue weighted by Gasteiger charge is 2.09. The predicted molar refractivity (Wildman–Crippen MR) is 65.8 cm³/mol. The van der Waals surface area contributed by atoms with Crippen molar-refractivity contribution in [3.05, 3.63) is 54.4 Å². The highest BCUT2D eigenvalue weighted by atomic mass is 16.4. The average Bonchev–Trinajstić information content (AvgIpc) is 2.91. The van der Waals surface area contributed by atoms with E-state index in [-0.39, 0.29) is 5.56 Å². The fraction of sp³-hybridized carbons (Fsp3) is 0. The molecule has 1 aromatic carbocycles. The lowest BCUT2D eigenvalue weighted by atomic mass is 10.1. The largest absolute Gasteiger partial charge is 0.478 e. The van der Waals surface area contributed by atoms with Crippen LogP contribution < -0.4 is 0 Å². The molecule has 0 fully saturated rings. The molecule has 2 aromatic heterocycles. The number of aromatic nitrogens is 3. The van der Waals surface area contributed by atoms with E-state index in [4.69, 9.17) is 5.11 Å². The zero-order valence-electron chi connectivity index (χ0n) is 9.32. The number of benzene rings is 1. The lowest BCUT2D eigenvalue weighted by Crippen LogP contribution is -2.01. The number of aromatic carboxylic acids is 1. The van der Waals surface area contributed by atoms with Crippen LogP contribution in [0.1, 0.15) is 10.4 Å². The van der Waals surface area contributed by atoms with Crippen LogP contribution in [0.5, 0.6) is 0 Å². The summed E-state index contributed by atoms with van der Waals surface area (Å²) in [4.78, 5) is 15.5. The van der Waals surface area contributed by atoms with Gasteiger partial charge in [-0.2, -0.15) is 5.10 Å². The normalized spacial score (nSPS) is 10.7. The van der Waals surface area contributed by atoms with E-state index < -0.39 is 5.97 Å². The van der Waals surface area contributed by atoms with Gasteiger partial charge < -0.3 is 5.11 Å². The molecule has 0 spiro atoms.